The Hall–Kier alpha value is -5.75. The number of unbranched alkanes of at least 4 members (excludes halogenated alkanes) is 12. The summed E-state index contributed by atoms with van der Waals surface area (Å²) in [5.74, 6) is -1.01. The predicted octanol–water partition coefficient (Wildman–Crippen LogP) is 22.2. The van der Waals surface area contributed by atoms with Crippen molar-refractivity contribution in [3.05, 3.63) is 194 Å². The number of allylic oxidation sites excluding steroid dienone is 32. The van der Waals surface area contributed by atoms with Crippen LogP contribution in [0.5, 0.6) is 0 Å². The molecule has 6 nitrogen and oxygen atoms in total. The molecule has 0 rings (SSSR count). The van der Waals surface area contributed by atoms with E-state index in [0.29, 0.717) is 12.8 Å². The molecule has 0 radical (unpaired) electrons. The quantitative estimate of drug-likeness (QED) is 0.0261. The molecule has 0 spiro atoms. The Balaban J connectivity index is 4.48. The van der Waals surface area contributed by atoms with E-state index in [1.54, 1.807) is 0 Å². The Kier molecular flexibility index (Phi) is 62.0. The number of hydrogen-bond acceptors (Lipinski definition) is 6. The van der Waals surface area contributed by atoms with Gasteiger partial charge in [0.25, 0.3) is 0 Å². The number of rotatable bonds is 55. The van der Waals surface area contributed by atoms with Crippen LogP contribution in [0.2, 0.25) is 0 Å². The zero-order valence-electron chi connectivity index (χ0n) is 51.5. The third kappa shape index (κ3) is 64.9. The lowest BCUT2D eigenvalue weighted by molar-refractivity contribution is -0.167. The Morgan fingerprint density at radius 2 is 0.444 bits per heavy atom. The SMILES string of the molecule is CC/C=C\C/C=C\C/C=C\C/C=C\C/C=C\C/C=C\C/C=C\C/C=C\C/C=C\CCCCCC(=O)OCC(COC(=O)CCCC/C=C\C/C=C\C/C=C\C/C=C\CC)OC(=O)CCCCCCCCC/C=C\C/C=C\C/C=C\CC. The highest BCUT2D eigenvalue weighted by Crippen LogP contribution is 2.13. The Morgan fingerprint density at radius 3 is 0.728 bits per heavy atom. The second-order valence-corrected chi connectivity index (χ2v) is 20.2. The van der Waals surface area contributed by atoms with Crippen LogP contribution in [0.1, 0.15) is 239 Å². The van der Waals surface area contributed by atoms with Crippen molar-refractivity contribution in [2.45, 2.75) is 245 Å². The Morgan fingerprint density at radius 1 is 0.247 bits per heavy atom. The van der Waals surface area contributed by atoms with E-state index < -0.39 is 6.10 Å². The number of carbonyl (C=O) groups excluding carboxylic acids is 3. The van der Waals surface area contributed by atoms with Crippen LogP contribution >= 0.6 is 0 Å². The highest BCUT2D eigenvalue weighted by Gasteiger charge is 2.19. The van der Waals surface area contributed by atoms with Crippen molar-refractivity contribution in [2.24, 2.45) is 0 Å². The fraction of sp³-hybridized carbons (Fsp3) is 0.533. The summed E-state index contributed by atoms with van der Waals surface area (Å²) in [6.45, 7) is 6.21. The van der Waals surface area contributed by atoms with Crippen molar-refractivity contribution in [1.82, 2.24) is 0 Å². The Labute approximate surface area is 497 Å². The summed E-state index contributed by atoms with van der Waals surface area (Å²) in [5.41, 5.74) is 0. The smallest absolute Gasteiger partial charge is 0.306 e. The molecule has 0 bridgehead atoms. The molecule has 0 aliphatic rings. The summed E-state index contributed by atoms with van der Waals surface area (Å²) in [6, 6.07) is 0. The van der Waals surface area contributed by atoms with E-state index in [1.165, 1.54) is 19.3 Å². The Bertz CT molecular complexity index is 1950. The van der Waals surface area contributed by atoms with Crippen LogP contribution in [0.25, 0.3) is 0 Å². The summed E-state index contributed by atoms with van der Waals surface area (Å²) in [7, 11) is 0. The van der Waals surface area contributed by atoms with Crippen molar-refractivity contribution in [3.63, 3.8) is 0 Å². The maximum Gasteiger partial charge on any atom is 0.306 e. The molecular formula is C75H114O6. The molecule has 0 saturated heterocycles. The molecule has 0 saturated carbocycles. The zero-order valence-corrected chi connectivity index (χ0v) is 51.5. The molecule has 1 unspecified atom stereocenters. The first-order valence-corrected chi connectivity index (χ1v) is 31.9. The van der Waals surface area contributed by atoms with Gasteiger partial charge in [-0.2, -0.15) is 0 Å². The normalized spacial score (nSPS) is 13.5. The van der Waals surface area contributed by atoms with Crippen molar-refractivity contribution in [1.29, 1.82) is 0 Å². The first-order valence-electron chi connectivity index (χ1n) is 31.9. The van der Waals surface area contributed by atoms with E-state index in [0.717, 1.165) is 173 Å². The zero-order chi connectivity index (χ0) is 58.5. The number of hydrogen-bond donors (Lipinski definition) is 0. The largest absolute Gasteiger partial charge is 0.462 e. The number of ether oxygens (including phenoxy) is 3. The predicted molar refractivity (Wildman–Crippen MR) is 352 cm³/mol. The van der Waals surface area contributed by atoms with Crippen LogP contribution in [0, 0.1) is 0 Å². The van der Waals surface area contributed by atoms with Gasteiger partial charge in [-0.15, -0.1) is 0 Å². The average Bonchev–Trinajstić information content (AvgIpc) is 3.47. The fourth-order valence-electron chi connectivity index (χ4n) is 7.91. The second-order valence-electron chi connectivity index (χ2n) is 20.2. The fourth-order valence-corrected chi connectivity index (χ4v) is 7.91. The molecule has 6 heteroatoms. The molecule has 0 fully saturated rings. The van der Waals surface area contributed by atoms with Gasteiger partial charge in [-0.3, -0.25) is 14.4 Å². The number of carbonyl (C=O) groups is 3. The molecule has 0 aliphatic heterocycles. The molecule has 0 amide bonds. The molecule has 0 aliphatic carbocycles. The third-order valence-electron chi connectivity index (χ3n) is 12.6. The van der Waals surface area contributed by atoms with Crippen molar-refractivity contribution < 1.29 is 28.6 Å². The molecule has 0 heterocycles. The maximum atomic E-state index is 12.9. The van der Waals surface area contributed by atoms with E-state index in [4.69, 9.17) is 14.2 Å². The standard InChI is InChI=1S/C75H114O6/c1-4-7-10-13-16-19-22-25-28-30-31-32-33-34-35-36-37-38-39-40-41-42-43-45-47-50-53-56-59-62-65-68-74(77)80-71-72(70-79-73(76)67-64-61-58-55-52-49-46-27-24-21-18-15-12-9-6-3)81-75(78)69-66-63-60-57-54-51-48-44-29-26-23-20-17-14-11-8-5-2/h7-12,16-21,25-29,31-32,34-35,37-38,40-41,43,45-46,50,52-53,55,72H,4-6,13-15,22-24,30,33,36,39,42,44,47-49,51,54,56-71H2,1-3H3/b10-7-,11-8-,12-9-,19-16-,20-17-,21-18-,28-25-,29-26-,32-31-,35-34-,38-37-,41-40-,45-43-,46-27-,53-50-,55-52-. The van der Waals surface area contributed by atoms with E-state index in [9.17, 15) is 14.4 Å². The van der Waals surface area contributed by atoms with E-state index in [-0.39, 0.29) is 44.0 Å². The molecule has 81 heavy (non-hydrogen) atoms. The van der Waals surface area contributed by atoms with Gasteiger partial charge in [0.2, 0.25) is 0 Å². The van der Waals surface area contributed by atoms with Crippen LogP contribution in [0.4, 0.5) is 0 Å². The molecule has 0 aromatic heterocycles. The molecule has 0 aromatic rings. The molecule has 0 N–H and O–H groups in total. The van der Waals surface area contributed by atoms with E-state index >= 15 is 0 Å². The van der Waals surface area contributed by atoms with Gasteiger partial charge in [-0.25, -0.2) is 0 Å². The minimum atomic E-state index is -0.827. The van der Waals surface area contributed by atoms with Gasteiger partial charge >= 0.3 is 17.9 Å². The van der Waals surface area contributed by atoms with Gasteiger partial charge in [-0.05, 0) is 161 Å². The minimum Gasteiger partial charge on any atom is -0.462 e. The van der Waals surface area contributed by atoms with Gasteiger partial charge in [-0.1, -0.05) is 254 Å². The lowest BCUT2D eigenvalue weighted by atomic mass is 10.1. The van der Waals surface area contributed by atoms with Crippen LogP contribution in [0.3, 0.4) is 0 Å². The lowest BCUT2D eigenvalue weighted by Crippen LogP contribution is -2.30. The van der Waals surface area contributed by atoms with Gasteiger partial charge in [0.15, 0.2) is 6.10 Å². The van der Waals surface area contributed by atoms with Crippen LogP contribution in [-0.4, -0.2) is 37.2 Å². The van der Waals surface area contributed by atoms with Gasteiger partial charge in [0.05, 0.1) is 0 Å². The highest BCUT2D eigenvalue weighted by molar-refractivity contribution is 5.71. The van der Waals surface area contributed by atoms with Crippen molar-refractivity contribution in [3.8, 4) is 0 Å². The highest BCUT2D eigenvalue weighted by atomic mass is 16.6. The van der Waals surface area contributed by atoms with Crippen LogP contribution in [0.15, 0.2) is 194 Å². The summed E-state index contributed by atoms with van der Waals surface area (Å²) in [4.78, 5) is 38.3. The summed E-state index contributed by atoms with van der Waals surface area (Å²) < 4.78 is 16.8. The van der Waals surface area contributed by atoms with E-state index in [2.05, 4.69) is 215 Å². The molecular weight excluding hydrogens is 997 g/mol. The lowest BCUT2D eigenvalue weighted by Gasteiger charge is -2.18. The second kappa shape index (κ2) is 66.8. The summed E-state index contributed by atoms with van der Waals surface area (Å²) in [6.07, 6.45) is 102. The maximum absolute atomic E-state index is 12.9. The average molecular weight is 1110 g/mol. The van der Waals surface area contributed by atoms with Crippen LogP contribution < -0.4 is 0 Å². The first-order chi connectivity index (χ1) is 40.0. The van der Waals surface area contributed by atoms with Crippen molar-refractivity contribution in [2.75, 3.05) is 13.2 Å². The van der Waals surface area contributed by atoms with Crippen LogP contribution in [-0.2, 0) is 28.6 Å². The first kappa shape index (κ1) is 75.2. The monoisotopic (exact) mass is 1110 g/mol. The minimum absolute atomic E-state index is 0.123. The summed E-state index contributed by atoms with van der Waals surface area (Å²) >= 11 is 0. The van der Waals surface area contributed by atoms with Gasteiger partial charge < -0.3 is 14.2 Å². The van der Waals surface area contributed by atoms with Gasteiger partial charge in [0, 0.05) is 19.3 Å². The third-order valence-corrected chi connectivity index (χ3v) is 12.6. The van der Waals surface area contributed by atoms with Gasteiger partial charge in [0.1, 0.15) is 13.2 Å². The molecule has 0 aromatic carbocycles. The molecule has 1 atom stereocenters. The number of esters is 3. The molecule has 450 valence electrons. The van der Waals surface area contributed by atoms with Crippen molar-refractivity contribution >= 4 is 17.9 Å². The van der Waals surface area contributed by atoms with E-state index in [1.807, 2.05) is 0 Å². The topological polar surface area (TPSA) is 78.9 Å². The summed E-state index contributed by atoms with van der Waals surface area (Å²) in [5, 5.41) is 0.